The Bertz CT molecular complexity index is 608. The van der Waals surface area contributed by atoms with Crippen LogP contribution in [0.25, 0.3) is 0 Å². The fourth-order valence-electron chi connectivity index (χ4n) is 3.93. The van der Waals surface area contributed by atoms with Crippen molar-refractivity contribution in [3.63, 3.8) is 0 Å². The molecule has 8 heteroatoms. The highest BCUT2D eigenvalue weighted by atomic mass is 127. The number of morpholine rings is 1. The molecule has 174 valence electrons. The Kier molecular flexibility index (Phi) is 13.4. The van der Waals surface area contributed by atoms with Gasteiger partial charge in [-0.1, -0.05) is 0 Å². The first kappa shape index (κ1) is 27.6. The van der Waals surface area contributed by atoms with Gasteiger partial charge in [0.15, 0.2) is 5.96 Å². The number of aryl methyl sites for hydroxylation is 1. The number of hydrogen-bond donors (Lipinski definition) is 2. The molecule has 0 amide bonds. The third-order valence-electron chi connectivity index (χ3n) is 5.47. The summed E-state index contributed by atoms with van der Waals surface area (Å²) in [4.78, 5) is 12.3. The van der Waals surface area contributed by atoms with Gasteiger partial charge in [-0.3, -0.25) is 14.8 Å². The zero-order valence-electron chi connectivity index (χ0n) is 19.6. The Morgan fingerprint density at radius 2 is 1.83 bits per heavy atom. The van der Waals surface area contributed by atoms with Crippen molar-refractivity contribution in [1.82, 2.24) is 20.4 Å². The fraction of sp³-hybridized carbons (Fsp3) is 0.773. The number of guanidine groups is 1. The van der Waals surface area contributed by atoms with Gasteiger partial charge in [-0.25, -0.2) is 0 Å². The summed E-state index contributed by atoms with van der Waals surface area (Å²) in [6.45, 7) is 17.7. The number of nitrogens with zero attached hydrogens (tertiary/aromatic N) is 3. The van der Waals surface area contributed by atoms with Gasteiger partial charge in [0.05, 0.1) is 19.3 Å². The van der Waals surface area contributed by atoms with Gasteiger partial charge in [-0.05, 0) is 53.2 Å². The molecule has 0 saturated carbocycles. The Morgan fingerprint density at radius 3 is 2.37 bits per heavy atom. The summed E-state index contributed by atoms with van der Waals surface area (Å²) in [6.07, 6.45) is 1.11. The molecule has 2 rings (SSSR count). The summed E-state index contributed by atoms with van der Waals surface area (Å²) in [5.41, 5.74) is 0. The number of thiophene rings is 1. The van der Waals surface area contributed by atoms with Crippen LogP contribution in [0.1, 0.15) is 49.9 Å². The largest absolute Gasteiger partial charge is 0.379 e. The molecule has 2 heterocycles. The van der Waals surface area contributed by atoms with Gasteiger partial charge < -0.3 is 15.4 Å². The molecule has 1 fully saturated rings. The van der Waals surface area contributed by atoms with Crippen LogP contribution in [0.15, 0.2) is 17.1 Å². The fourth-order valence-corrected chi connectivity index (χ4v) is 4.94. The number of hydrogen-bond acceptors (Lipinski definition) is 5. The standard InChI is InChI=1S/C22H41N5OS.HI/c1-17(2)27(18(3)4)11-7-10-24-22(23-6)25-16-20(21-9-8-19(5)29-21)26-12-14-28-15-13-26;/h8-9,17-18,20H,7,10-16H2,1-6H3,(H2,23,24,25);1H. The van der Waals surface area contributed by atoms with Crippen molar-refractivity contribution < 1.29 is 4.74 Å². The number of ether oxygens (including phenoxy) is 1. The second-order valence-corrected chi connectivity index (χ2v) is 9.59. The van der Waals surface area contributed by atoms with Crippen LogP contribution < -0.4 is 10.6 Å². The lowest BCUT2D eigenvalue weighted by Gasteiger charge is -2.34. The van der Waals surface area contributed by atoms with E-state index in [1.165, 1.54) is 9.75 Å². The Morgan fingerprint density at radius 1 is 1.17 bits per heavy atom. The average Bonchev–Trinajstić information content (AvgIpc) is 3.12. The normalized spacial score (nSPS) is 16.8. The Balaban J connectivity index is 0.00000450. The van der Waals surface area contributed by atoms with Gasteiger partial charge in [-0.2, -0.15) is 0 Å². The minimum atomic E-state index is 0. The van der Waals surface area contributed by atoms with Crippen molar-refractivity contribution in [3.05, 3.63) is 21.9 Å². The monoisotopic (exact) mass is 551 g/mol. The highest BCUT2D eigenvalue weighted by molar-refractivity contribution is 14.0. The van der Waals surface area contributed by atoms with E-state index in [2.05, 4.69) is 72.2 Å². The van der Waals surface area contributed by atoms with Crippen molar-refractivity contribution >= 4 is 41.3 Å². The topological polar surface area (TPSA) is 52.1 Å². The van der Waals surface area contributed by atoms with Crippen molar-refractivity contribution in [1.29, 1.82) is 0 Å². The molecule has 0 bridgehead atoms. The Hall–Kier alpha value is -0.420. The van der Waals surface area contributed by atoms with Crippen LogP contribution in [0.5, 0.6) is 0 Å². The molecule has 2 N–H and O–H groups in total. The molecule has 1 saturated heterocycles. The first-order valence-corrected chi connectivity index (χ1v) is 11.8. The van der Waals surface area contributed by atoms with E-state index in [0.717, 1.165) is 58.3 Å². The van der Waals surface area contributed by atoms with Crippen LogP contribution in [-0.4, -0.2) is 80.8 Å². The van der Waals surface area contributed by atoms with Crippen LogP contribution >= 0.6 is 35.3 Å². The van der Waals surface area contributed by atoms with E-state index >= 15 is 0 Å². The lowest BCUT2D eigenvalue weighted by Crippen LogP contribution is -2.46. The van der Waals surface area contributed by atoms with Crippen molar-refractivity contribution in [2.45, 2.75) is 59.2 Å². The molecule has 1 aromatic heterocycles. The number of nitrogens with one attached hydrogen (secondary N) is 2. The average molecular weight is 552 g/mol. The van der Waals surface area contributed by atoms with Gasteiger partial charge in [0.25, 0.3) is 0 Å². The lowest BCUT2D eigenvalue weighted by atomic mass is 10.2. The minimum Gasteiger partial charge on any atom is -0.379 e. The van der Waals surface area contributed by atoms with Crippen molar-refractivity contribution in [2.75, 3.05) is 53.0 Å². The summed E-state index contributed by atoms with van der Waals surface area (Å²) >= 11 is 1.89. The molecule has 0 aromatic carbocycles. The number of halogens is 1. The summed E-state index contributed by atoms with van der Waals surface area (Å²) in [5, 5.41) is 7.05. The van der Waals surface area contributed by atoms with Crippen LogP contribution in [0, 0.1) is 6.92 Å². The van der Waals surface area contributed by atoms with Crippen LogP contribution in [-0.2, 0) is 4.74 Å². The molecule has 1 aliphatic rings. The number of rotatable bonds is 10. The van der Waals surface area contributed by atoms with E-state index in [1.807, 2.05) is 18.4 Å². The third-order valence-corrected chi connectivity index (χ3v) is 6.58. The highest BCUT2D eigenvalue weighted by Gasteiger charge is 2.24. The maximum Gasteiger partial charge on any atom is 0.191 e. The van der Waals surface area contributed by atoms with E-state index in [0.29, 0.717) is 18.1 Å². The Labute approximate surface area is 204 Å². The molecule has 1 aliphatic heterocycles. The number of aliphatic imine (C=N–C) groups is 1. The maximum absolute atomic E-state index is 5.56. The van der Waals surface area contributed by atoms with Gasteiger partial charge in [0, 0.05) is 61.6 Å². The van der Waals surface area contributed by atoms with Crippen molar-refractivity contribution in [2.24, 2.45) is 4.99 Å². The summed E-state index contributed by atoms with van der Waals surface area (Å²) < 4.78 is 5.56. The van der Waals surface area contributed by atoms with Crippen LogP contribution in [0.2, 0.25) is 0 Å². The van der Waals surface area contributed by atoms with Gasteiger partial charge in [0.1, 0.15) is 0 Å². The quantitative estimate of drug-likeness (QED) is 0.201. The molecule has 1 atom stereocenters. The van der Waals surface area contributed by atoms with E-state index in [1.54, 1.807) is 0 Å². The second kappa shape index (κ2) is 14.6. The third kappa shape index (κ3) is 8.98. The van der Waals surface area contributed by atoms with E-state index < -0.39 is 0 Å². The molecule has 6 nitrogen and oxygen atoms in total. The molecular formula is C22H42IN5OS. The predicted molar refractivity (Wildman–Crippen MR) is 141 cm³/mol. The van der Waals surface area contributed by atoms with E-state index in [9.17, 15) is 0 Å². The highest BCUT2D eigenvalue weighted by Crippen LogP contribution is 2.27. The van der Waals surface area contributed by atoms with Crippen LogP contribution in [0.4, 0.5) is 0 Å². The smallest absolute Gasteiger partial charge is 0.191 e. The summed E-state index contributed by atoms with van der Waals surface area (Å²) in [6, 6.07) is 6.00. The van der Waals surface area contributed by atoms with Crippen molar-refractivity contribution in [3.8, 4) is 0 Å². The maximum atomic E-state index is 5.56. The second-order valence-electron chi connectivity index (χ2n) is 8.27. The SMILES string of the molecule is CN=C(NCCCN(C(C)C)C(C)C)NCC(c1ccc(C)s1)N1CCOCC1.I. The molecule has 30 heavy (non-hydrogen) atoms. The molecule has 0 radical (unpaired) electrons. The predicted octanol–water partition coefficient (Wildman–Crippen LogP) is 3.72. The van der Waals surface area contributed by atoms with E-state index in [-0.39, 0.29) is 24.0 Å². The first-order valence-electron chi connectivity index (χ1n) is 11.0. The van der Waals surface area contributed by atoms with Gasteiger partial charge in [0.2, 0.25) is 0 Å². The zero-order valence-corrected chi connectivity index (χ0v) is 22.8. The molecule has 0 spiro atoms. The van der Waals surface area contributed by atoms with Crippen LogP contribution in [0.3, 0.4) is 0 Å². The van der Waals surface area contributed by atoms with Gasteiger partial charge in [-0.15, -0.1) is 35.3 Å². The first-order chi connectivity index (χ1) is 13.9. The lowest BCUT2D eigenvalue weighted by molar-refractivity contribution is 0.0177. The summed E-state index contributed by atoms with van der Waals surface area (Å²) in [7, 11) is 1.85. The minimum absolute atomic E-state index is 0. The van der Waals surface area contributed by atoms with Gasteiger partial charge >= 0.3 is 0 Å². The zero-order chi connectivity index (χ0) is 21.2. The molecule has 0 aliphatic carbocycles. The molecule has 1 aromatic rings. The molecule has 1 unspecified atom stereocenters. The molecular weight excluding hydrogens is 509 g/mol. The van der Waals surface area contributed by atoms with E-state index in [4.69, 9.17) is 4.74 Å². The summed E-state index contributed by atoms with van der Waals surface area (Å²) in [5.74, 6) is 0.886.